The van der Waals surface area contributed by atoms with E-state index in [0.717, 1.165) is 31.7 Å². The van der Waals surface area contributed by atoms with Crippen LogP contribution in [0.3, 0.4) is 0 Å². The van der Waals surface area contributed by atoms with Gasteiger partial charge in [0.2, 0.25) is 5.91 Å². The molecule has 2 aliphatic rings. The van der Waals surface area contributed by atoms with E-state index < -0.39 is 0 Å². The van der Waals surface area contributed by atoms with Crippen molar-refractivity contribution < 1.29 is 9.53 Å². The first-order valence-corrected chi connectivity index (χ1v) is 7.88. The Labute approximate surface area is 130 Å². The molecule has 0 unspecified atom stereocenters. The van der Waals surface area contributed by atoms with Crippen molar-refractivity contribution in [2.45, 2.75) is 38.0 Å². The molecule has 3 rings (SSSR count). The number of morpholine rings is 1. The lowest BCUT2D eigenvalue weighted by atomic mass is 10.1. The standard InChI is InChI=1S/C16H21ClN2O2/c1-11-8-19-9-13(7-14(19)10-21-11)18-16(20)6-12-4-2-3-5-15(12)17/h2-5,11,13-14H,6-10H2,1H3,(H,18,20)/t11-,13+,14-/m0/s1. The minimum absolute atomic E-state index is 0.0434. The summed E-state index contributed by atoms with van der Waals surface area (Å²) in [5.41, 5.74) is 0.879. The van der Waals surface area contributed by atoms with Gasteiger partial charge in [-0.1, -0.05) is 29.8 Å². The highest BCUT2D eigenvalue weighted by atomic mass is 35.5. The van der Waals surface area contributed by atoms with Gasteiger partial charge in [-0.2, -0.15) is 0 Å². The van der Waals surface area contributed by atoms with Gasteiger partial charge in [-0.05, 0) is 25.0 Å². The van der Waals surface area contributed by atoms with Crippen LogP contribution in [0, 0.1) is 0 Å². The van der Waals surface area contributed by atoms with E-state index in [1.54, 1.807) is 0 Å². The molecule has 5 heteroatoms. The van der Waals surface area contributed by atoms with Crippen LogP contribution in [0.5, 0.6) is 0 Å². The third-order valence-electron chi connectivity index (χ3n) is 4.27. The van der Waals surface area contributed by atoms with Gasteiger partial charge in [0.25, 0.3) is 0 Å². The van der Waals surface area contributed by atoms with Crippen LogP contribution in [0.4, 0.5) is 0 Å². The molecule has 1 aromatic rings. The molecule has 0 radical (unpaired) electrons. The van der Waals surface area contributed by atoms with E-state index in [2.05, 4.69) is 17.1 Å². The highest BCUT2D eigenvalue weighted by Crippen LogP contribution is 2.23. The van der Waals surface area contributed by atoms with Crippen molar-refractivity contribution in [3.8, 4) is 0 Å². The molecule has 21 heavy (non-hydrogen) atoms. The van der Waals surface area contributed by atoms with Crippen LogP contribution in [0.1, 0.15) is 18.9 Å². The SMILES string of the molecule is C[C@H]1CN2C[C@H](NC(=O)Cc3ccccc3Cl)C[C@H]2CO1. The van der Waals surface area contributed by atoms with E-state index in [1.165, 1.54) is 0 Å². The van der Waals surface area contributed by atoms with Crippen molar-refractivity contribution >= 4 is 17.5 Å². The van der Waals surface area contributed by atoms with Crippen LogP contribution in [-0.4, -0.2) is 48.7 Å². The van der Waals surface area contributed by atoms with Crippen molar-refractivity contribution in [2.75, 3.05) is 19.7 Å². The van der Waals surface area contributed by atoms with Crippen molar-refractivity contribution in [2.24, 2.45) is 0 Å². The van der Waals surface area contributed by atoms with Gasteiger partial charge in [0.05, 0.1) is 19.1 Å². The molecular weight excluding hydrogens is 288 g/mol. The number of hydrogen-bond acceptors (Lipinski definition) is 3. The third-order valence-corrected chi connectivity index (χ3v) is 4.64. The predicted octanol–water partition coefficient (Wildman–Crippen LogP) is 1.86. The second-order valence-electron chi connectivity index (χ2n) is 6.02. The van der Waals surface area contributed by atoms with Gasteiger partial charge in [0.1, 0.15) is 0 Å². The number of fused-ring (bicyclic) bond motifs is 1. The van der Waals surface area contributed by atoms with E-state index in [0.29, 0.717) is 23.6 Å². The largest absolute Gasteiger partial charge is 0.376 e. The minimum Gasteiger partial charge on any atom is -0.376 e. The predicted molar refractivity (Wildman–Crippen MR) is 82.5 cm³/mol. The van der Waals surface area contributed by atoms with Crippen molar-refractivity contribution in [1.82, 2.24) is 10.2 Å². The normalized spacial score (nSPS) is 29.1. The number of benzene rings is 1. The molecule has 2 aliphatic heterocycles. The first-order chi connectivity index (χ1) is 10.1. The highest BCUT2D eigenvalue weighted by Gasteiger charge is 2.36. The van der Waals surface area contributed by atoms with Gasteiger partial charge in [-0.25, -0.2) is 0 Å². The monoisotopic (exact) mass is 308 g/mol. The molecular formula is C16H21ClN2O2. The topological polar surface area (TPSA) is 41.6 Å². The molecule has 0 aromatic heterocycles. The zero-order valence-electron chi connectivity index (χ0n) is 12.2. The maximum atomic E-state index is 12.2. The van der Waals surface area contributed by atoms with Crippen molar-refractivity contribution in [3.05, 3.63) is 34.9 Å². The number of ether oxygens (including phenoxy) is 1. The molecule has 0 bridgehead atoms. The molecule has 0 saturated carbocycles. The molecule has 0 aliphatic carbocycles. The first-order valence-electron chi connectivity index (χ1n) is 7.50. The van der Waals surface area contributed by atoms with Crippen LogP contribution in [0.25, 0.3) is 0 Å². The zero-order valence-corrected chi connectivity index (χ0v) is 13.0. The van der Waals surface area contributed by atoms with Crippen LogP contribution in [-0.2, 0) is 16.0 Å². The van der Waals surface area contributed by atoms with Gasteiger partial charge >= 0.3 is 0 Å². The Bertz CT molecular complexity index is 523. The number of halogens is 1. The Morgan fingerprint density at radius 3 is 3.05 bits per heavy atom. The summed E-state index contributed by atoms with van der Waals surface area (Å²) in [6.07, 6.45) is 1.60. The maximum absolute atomic E-state index is 12.2. The van der Waals surface area contributed by atoms with Gasteiger partial charge in [0, 0.05) is 30.2 Å². The van der Waals surface area contributed by atoms with E-state index >= 15 is 0 Å². The number of carbonyl (C=O) groups is 1. The lowest BCUT2D eigenvalue weighted by Crippen LogP contribution is -2.45. The molecule has 3 atom stereocenters. The molecule has 1 amide bonds. The average Bonchev–Trinajstić information content (AvgIpc) is 2.82. The molecule has 1 aromatic carbocycles. The Morgan fingerprint density at radius 1 is 1.43 bits per heavy atom. The summed E-state index contributed by atoms with van der Waals surface area (Å²) in [4.78, 5) is 14.6. The quantitative estimate of drug-likeness (QED) is 0.927. The van der Waals surface area contributed by atoms with Crippen molar-refractivity contribution in [3.63, 3.8) is 0 Å². The second-order valence-corrected chi connectivity index (χ2v) is 6.43. The summed E-state index contributed by atoms with van der Waals surface area (Å²) >= 11 is 6.10. The smallest absolute Gasteiger partial charge is 0.224 e. The van der Waals surface area contributed by atoms with Crippen LogP contribution >= 0.6 is 11.6 Å². The van der Waals surface area contributed by atoms with Crippen LogP contribution < -0.4 is 5.32 Å². The molecule has 0 spiro atoms. The number of rotatable bonds is 3. The van der Waals surface area contributed by atoms with E-state index in [-0.39, 0.29) is 11.9 Å². The Kier molecular flexibility index (Phi) is 4.48. The van der Waals surface area contributed by atoms with Gasteiger partial charge in [-0.3, -0.25) is 9.69 Å². The summed E-state index contributed by atoms with van der Waals surface area (Å²) in [6.45, 7) is 4.76. The Balaban J connectivity index is 1.53. The lowest BCUT2D eigenvalue weighted by Gasteiger charge is -2.33. The Hall–Kier alpha value is -1.10. The minimum atomic E-state index is 0.0434. The number of amides is 1. The number of nitrogens with zero attached hydrogens (tertiary/aromatic N) is 1. The van der Waals surface area contributed by atoms with E-state index in [1.807, 2.05) is 24.3 Å². The summed E-state index contributed by atoms with van der Waals surface area (Å²) in [7, 11) is 0. The van der Waals surface area contributed by atoms with E-state index in [9.17, 15) is 4.79 Å². The maximum Gasteiger partial charge on any atom is 0.224 e. The number of nitrogens with one attached hydrogen (secondary N) is 1. The molecule has 2 saturated heterocycles. The second kappa shape index (κ2) is 6.34. The number of hydrogen-bond donors (Lipinski definition) is 1. The fourth-order valence-corrected chi connectivity index (χ4v) is 3.44. The van der Waals surface area contributed by atoms with Crippen LogP contribution in [0.15, 0.2) is 24.3 Å². The summed E-state index contributed by atoms with van der Waals surface area (Å²) in [5, 5.41) is 3.78. The van der Waals surface area contributed by atoms with Gasteiger partial charge in [-0.15, -0.1) is 0 Å². The summed E-state index contributed by atoms with van der Waals surface area (Å²) in [6, 6.07) is 8.17. The highest BCUT2D eigenvalue weighted by molar-refractivity contribution is 6.31. The summed E-state index contributed by atoms with van der Waals surface area (Å²) < 4.78 is 5.68. The molecule has 114 valence electrons. The fourth-order valence-electron chi connectivity index (χ4n) is 3.24. The number of carbonyl (C=O) groups excluding carboxylic acids is 1. The molecule has 1 N–H and O–H groups in total. The van der Waals surface area contributed by atoms with Gasteiger partial charge in [0.15, 0.2) is 0 Å². The zero-order chi connectivity index (χ0) is 14.8. The fraction of sp³-hybridized carbons (Fsp3) is 0.562. The summed E-state index contributed by atoms with van der Waals surface area (Å²) in [5.74, 6) is 0.0434. The molecule has 4 nitrogen and oxygen atoms in total. The molecule has 2 fully saturated rings. The third kappa shape index (κ3) is 3.57. The van der Waals surface area contributed by atoms with Crippen LogP contribution in [0.2, 0.25) is 5.02 Å². The first kappa shape index (κ1) is 14.8. The average molecular weight is 309 g/mol. The molecule has 2 heterocycles. The van der Waals surface area contributed by atoms with E-state index in [4.69, 9.17) is 16.3 Å². The lowest BCUT2D eigenvalue weighted by molar-refractivity contribution is -0.121. The van der Waals surface area contributed by atoms with Gasteiger partial charge < -0.3 is 10.1 Å². The Morgan fingerprint density at radius 2 is 2.24 bits per heavy atom. The van der Waals surface area contributed by atoms with Crippen molar-refractivity contribution in [1.29, 1.82) is 0 Å².